The zero-order valence-electron chi connectivity index (χ0n) is 14.9. The Kier molecular flexibility index (Phi) is 4.21. The first-order valence-electron chi connectivity index (χ1n) is 8.73. The van der Waals surface area contributed by atoms with Crippen molar-refractivity contribution in [3.05, 3.63) is 76.5 Å². The first-order valence-corrected chi connectivity index (χ1v) is 8.73. The Balaban J connectivity index is 1.50. The lowest BCUT2D eigenvalue weighted by molar-refractivity contribution is -0.116. The van der Waals surface area contributed by atoms with E-state index in [-0.39, 0.29) is 11.8 Å². The van der Waals surface area contributed by atoms with Crippen LogP contribution < -0.4 is 10.1 Å². The molecule has 5 heteroatoms. The van der Waals surface area contributed by atoms with Crippen molar-refractivity contribution in [3.8, 4) is 5.75 Å². The Bertz CT molecular complexity index is 927. The molecule has 1 aliphatic rings. The topological polar surface area (TPSA) is 67.0 Å². The number of rotatable bonds is 4. The van der Waals surface area contributed by atoms with E-state index < -0.39 is 0 Å². The Hall–Kier alpha value is -3.08. The highest BCUT2D eigenvalue weighted by Gasteiger charge is 2.30. The number of hydrogen-bond acceptors (Lipinski definition) is 3. The minimum Gasteiger partial charge on any atom is -0.489 e. The molecule has 1 aromatic heterocycles. The first kappa shape index (κ1) is 16.4. The zero-order valence-corrected chi connectivity index (χ0v) is 14.9. The van der Waals surface area contributed by atoms with Crippen LogP contribution >= 0.6 is 0 Å². The Morgan fingerprint density at radius 3 is 2.54 bits per heavy atom. The summed E-state index contributed by atoms with van der Waals surface area (Å²) in [5.41, 5.74) is 5.53. The third-order valence-corrected chi connectivity index (χ3v) is 4.80. The largest absolute Gasteiger partial charge is 0.489 e. The second-order valence-electron chi connectivity index (χ2n) is 6.76. The molecular weight excluding hydrogens is 326 g/mol. The summed E-state index contributed by atoms with van der Waals surface area (Å²) >= 11 is 0. The maximum absolute atomic E-state index is 12.0. The fourth-order valence-corrected chi connectivity index (χ4v) is 3.36. The summed E-state index contributed by atoms with van der Waals surface area (Å²) in [5, 5.41) is 9.98. The van der Waals surface area contributed by atoms with Gasteiger partial charge in [-0.05, 0) is 37.1 Å². The van der Waals surface area contributed by atoms with Crippen LogP contribution in [0.4, 0.5) is 5.82 Å². The maximum Gasteiger partial charge on any atom is 0.226 e. The van der Waals surface area contributed by atoms with Crippen LogP contribution in [0, 0.1) is 13.8 Å². The summed E-state index contributed by atoms with van der Waals surface area (Å²) in [6.45, 7) is 4.59. The highest BCUT2D eigenvalue weighted by atomic mass is 16.5. The van der Waals surface area contributed by atoms with Gasteiger partial charge in [-0.2, -0.15) is 5.10 Å². The molecule has 26 heavy (non-hydrogen) atoms. The number of anilines is 1. The van der Waals surface area contributed by atoms with Crippen molar-refractivity contribution >= 4 is 11.7 Å². The third kappa shape index (κ3) is 3.20. The molecule has 3 aromatic rings. The van der Waals surface area contributed by atoms with E-state index in [1.54, 1.807) is 0 Å². The van der Waals surface area contributed by atoms with Gasteiger partial charge in [-0.25, -0.2) is 0 Å². The predicted octanol–water partition coefficient (Wildman–Crippen LogP) is 4.08. The number of H-pyrrole nitrogens is 1. The molecule has 0 saturated carbocycles. The van der Waals surface area contributed by atoms with Crippen LogP contribution in [-0.2, 0) is 11.4 Å². The number of amides is 1. The molecule has 1 aliphatic heterocycles. The van der Waals surface area contributed by atoms with Crippen LogP contribution in [0.2, 0.25) is 0 Å². The van der Waals surface area contributed by atoms with Gasteiger partial charge < -0.3 is 10.1 Å². The lowest BCUT2D eigenvalue weighted by Gasteiger charge is -2.23. The van der Waals surface area contributed by atoms with Crippen molar-refractivity contribution in [1.82, 2.24) is 10.2 Å². The molecular formula is C21H21N3O2. The van der Waals surface area contributed by atoms with Crippen molar-refractivity contribution < 1.29 is 9.53 Å². The number of aromatic nitrogens is 2. The van der Waals surface area contributed by atoms with Gasteiger partial charge in [0.2, 0.25) is 5.91 Å². The Morgan fingerprint density at radius 2 is 1.81 bits per heavy atom. The highest BCUT2D eigenvalue weighted by molar-refractivity contribution is 5.94. The number of benzene rings is 2. The van der Waals surface area contributed by atoms with E-state index in [0.717, 1.165) is 28.1 Å². The van der Waals surface area contributed by atoms with Crippen molar-refractivity contribution in [1.29, 1.82) is 0 Å². The van der Waals surface area contributed by atoms with Crippen LogP contribution in [0.25, 0.3) is 0 Å². The predicted molar refractivity (Wildman–Crippen MR) is 100 cm³/mol. The maximum atomic E-state index is 12.0. The molecule has 132 valence electrons. The zero-order chi connectivity index (χ0) is 18.1. The quantitative estimate of drug-likeness (QED) is 0.747. The van der Waals surface area contributed by atoms with Gasteiger partial charge in [0.15, 0.2) is 5.82 Å². The van der Waals surface area contributed by atoms with E-state index in [1.807, 2.05) is 31.2 Å². The SMILES string of the molecule is Cc1ccc(COc2ccc([C@H]3CC(=O)Nc4n[nH]c(C)c43)cc2)cc1. The summed E-state index contributed by atoms with van der Waals surface area (Å²) in [5.74, 6) is 1.47. The average molecular weight is 347 g/mol. The fourth-order valence-electron chi connectivity index (χ4n) is 3.36. The van der Waals surface area contributed by atoms with Gasteiger partial charge in [-0.15, -0.1) is 0 Å². The number of ether oxygens (including phenoxy) is 1. The standard InChI is InChI=1S/C21H21N3O2/c1-13-3-5-15(6-4-13)12-26-17-9-7-16(8-10-17)18-11-19(25)22-21-20(18)14(2)23-24-21/h3-10,18H,11-12H2,1-2H3,(H2,22,23,24,25)/t18-/m1/s1. The molecule has 2 N–H and O–H groups in total. The lowest BCUT2D eigenvalue weighted by Crippen LogP contribution is -2.23. The number of aryl methyl sites for hydroxylation is 2. The number of hydrogen-bond donors (Lipinski definition) is 2. The molecule has 5 nitrogen and oxygen atoms in total. The number of carbonyl (C=O) groups is 1. The third-order valence-electron chi connectivity index (χ3n) is 4.80. The van der Waals surface area contributed by atoms with Gasteiger partial charge in [0.05, 0.1) is 0 Å². The molecule has 0 bridgehead atoms. The van der Waals surface area contributed by atoms with E-state index >= 15 is 0 Å². The number of nitrogens with one attached hydrogen (secondary N) is 2. The first-order chi connectivity index (χ1) is 12.6. The van der Waals surface area contributed by atoms with E-state index in [2.05, 4.69) is 46.7 Å². The van der Waals surface area contributed by atoms with E-state index in [9.17, 15) is 4.79 Å². The molecule has 0 unspecified atom stereocenters. The van der Waals surface area contributed by atoms with Gasteiger partial charge in [0, 0.05) is 23.6 Å². The molecule has 0 radical (unpaired) electrons. The number of fused-ring (bicyclic) bond motifs is 1. The number of aromatic amines is 1. The monoisotopic (exact) mass is 347 g/mol. The molecule has 0 saturated heterocycles. The fraction of sp³-hybridized carbons (Fsp3) is 0.238. The molecule has 0 spiro atoms. The molecule has 0 fully saturated rings. The van der Waals surface area contributed by atoms with Crippen LogP contribution in [0.1, 0.15) is 40.3 Å². The molecule has 2 heterocycles. The van der Waals surface area contributed by atoms with Gasteiger partial charge >= 0.3 is 0 Å². The molecule has 4 rings (SSSR count). The van der Waals surface area contributed by atoms with Gasteiger partial charge in [0.1, 0.15) is 12.4 Å². The molecule has 1 amide bonds. The smallest absolute Gasteiger partial charge is 0.226 e. The van der Waals surface area contributed by atoms with Crippen molar-refractivity contribution in [2.75, 3.05) is 5.32 Å². The second-order valence-corrected chi connectivity index (χ2v) is 6.76. The summed E-state index contributed by atoms with van der Waals surface area (Å²) in [4.78, 5) is 12.0. The summed E-state index contributed by atoms with van der Waals surface area (Å²) in [6.07, 6.45) is 0.428. The number of nitrogens with zero attached hydrogens (tertiary/aromatic N) is 1. The number of carbonyl (C=O) groups excluding carboxylic acids is 1. The summed E-state index contributed by atoms with van der Waals surface area (Å²) in [7, 11) is 0. The normalized spacial score (nSPS) is 16.1. The van der Waals surface area contributed by atoms with Crippen molar-refractivity contribution in [2.45, 2.75) is 32.8 Å². The van der Waals surface area contributed by atoms with Crippen LogP contribution in [0.15, 0.2) is 48.5 Å². The minimum absolute atomic E-state index is 0.00584. The molecule has 2 aromatic carbocycles. The minimum atomic E-state index is -0.00584. The molecule has 1 atom stereocenters. The van der Waals surface area contributed by atoms with Gasteiger partial charge in [-0.3, -0.25) is 9.89 Å². The van der Waals surface area contributed by atoms with Crippen LogP contribution in [-0.4, -0.2) is 16.1 Å². The van der Waals surface area contributed by atoms with Crippen molar-refractivity contribution in [3.63, 3.8) is 0 Å². The second kappa shape index (κ2) is 6.67. The van der Waals surface area contributed by atoms with Crippen LogP contribution in [0.3, 0.4) is 0 Å². The van der Waals surface area contributed by atoms with Gasteiger partial charge in [-0.1, -0.05) is 42.0 Å². The van der Waals surface area contributed by atoms with E-state index in [0.29, 0.717) is 18.8 Å². The lowest BCUT2D eigenvalue weighted by atomic mass is 9.86. The van der Waals surface area contributed by atoms with E-state index in [1.165, 1.54) is 5.56 Å². The summed E-state index contributed by atoms with van der Waals surface area (Å²) in [6, 6.07) is 16.3. The Labute approximate surface area is 152 Å². The average Bonchev–Trinajstić information content (AvgIpc) is 3.02. The summed E-state index contributed by atoms with van der Waals surface area (Å²) < 4.78 is 5.88. The Morgan fingerprint density at radius 1 is 1.08 bits per heavy atom. The molecule has 0 aliphatic carbocycles. The van der Waals surface area contributed by atoms with E-state index in [4.69, 9.17) is 4.74 Å². The van der Waals surface area contributed by atoms with Gasteiger partial charge in [0.25, 0.3) is 0 Å². The highest BCUT2D eigenvalue weighted by Crippen LogP contribution is 2.38. The van der Waals surface area contributed by atoms with Crippen LogP contribution in [0.5, 0.6) is 5.75 Å². The van der Waals surface area contributed by atoms with Crippen molar-refractivity contribution in [2.24, 2.45) is 0 Å².